The molecule has 0 radical (unpaired) electrons. The number of likely N-dealkylation sites (N-methyl/N-ethyl adjacent to an activating group) is 1. The normalized spacial score (nSPS) is 22.6. The summed E-state index contributed by atoms with van der Waals surface area (Å²) in [5.74, 6) is 0.129. The lowest BCUT2D eigenvalue weighted by Crippen LogP contribution is -2.51. The third kappa shape index (κ3) is 3.40. The van der Waals surface area contributed by atoms with E-state index in [1.54, 1.807) is 12.4 Å². The van der Waals surface area contributed by atoms with Crippen molar-refractivity contribution in [1.29, 1.82) is 0 Å². The lowest BCUT2D eigenvalue weighted by molar-refractivity contribution is -0.139. The third-order valence-corrected chi connectivity index (χ3v) is 4.84. The van der Waals surface area contributed by atoms with E-state index in [1.807, 2.05) is 39.7 Å². The predicted molar refractivity (Wildman–Crippen MR) is 89.4 cm³/mol. The highest BCUT2D eigenvalue weighted by Gasteiger charge is 2.37. The highest BCUT2D eigenvalue weighted by molar-refractivity contribution is 5.78. The first kappa shape index (κ1) is 16.2. The Morgan fingerprint density at radius 2 is 2.36 bits per heavy atom. The maximum absolute atomic E-state index is 12.7. The van der Waals surface area contributed by atoms with Gasteiger partial charge in [-0.15, -0.1) is 5.10 Å². The number of hydrogen-bond donors (Lipinski definition) is 0. The van der Waals surface area contributed by atoms with E-state index in [0.29, 0.717) is 26.2 Å². The van der Waals surface area contributed by atoms with E-state index < -0.39 is 0 Å². The lowest BCUT2D eigenvalue weighted by atomic mass is 10.0. The van der Waals surface area contributed by atoms with Crippen LogP contribution in [0.3, 0.4) is 0 Å². The Morgan fingerprint density at radius 1 is 1.44 bits per heavy atom. The summed E-state index contributed by atoms with van der Waals surface area (Å²) in [7, 11) is 1.94. The number of piperidine rings is 1. The van der Waals surface area contributed by atoms with Gasteiger partial charge in [-0.25, -0.2) is 4.68 Å². The van der Waals surface area contributed by atoms with E-state index >= 15 is 0 Å². The summed E-state index contributed by atoms with van der Waals surface area (Å²) >= 11 is 0. The molecular weight excluding hydrogens is 320 g/mol. The first-order valence-electron chi connectivity index (χ1n) is 8.57. The van der Waals surface area contributed by atoms with Gasteiger partial charge in [-0.1, -0.05) is 11.3 Å². The number of nitrogens with zero attached hydrogens (tertiary/aromatic N) is 6. The minimum atomic E-state index is 0.0602. The van der Waals surface area contributed by atoms with Crippen LogP contribution >= 0.6 is 0 Å². The van der Waals surface area contributed by atoms with E-state index in [9.17, 15) is 4.79 Å². The number of carbonyl (C=O) groups is 1. The standard InChI is InChI=1S/C17H22N6O2/c1-21(9-13-4-2-3-6-18-13)11-17(24)22-7-5-16-15(10-22)23-14(12-25-16)8-19-20-23/h2-4,6,8,15-16H,5,7,9-12H2,1H3/t15-,16-/m1/s1. The highest BCUT2D eigenvalue weighted by atomic mass is 16.5. The van der Waals surface area contributed by atoms with Gasteiger partial charge in [-0.3, -0.25) is 14.7 Å². The van der Waals surface area contributed by atoms with Gasteiger partial charge in [-0.05, 0) is 25.6 Å². The largest absolute Gasteiger partial charge is 0.370 e. The maximum Gasteiger partial charge on any atom is 0.236 e. The second-order valence-electron chi connectivity index (χ2n) is 6.71. The van der Waals surface area contributed by atoms with Crippen molar-refractivity contribution < 1.29 is 9.53 Å². The van der Waals surface area contributed by atoms with Crippen LogP contribution in [0.4, 0.5) is 0 Å². The van der Waals surface area contributed by atoms with Gasteiger partial charge in [-0.2, -0.15) is 0 Å². The second kappa shape index (κ2) is 6.89. The van der Waals surface area contributed by atoms with Crippen LogP contribution in [-0.4, -0.2) is 68.5 Å². The molecule has 132 valence electrons. The number of carbonyl (C=O) groups excluding carboxylic acids is 1. The monoisotopic (exact) mass is 342 g/mol. The van der Waals surface area contributed by atoms with Crippen molar-refractivity contribution in [3.8, 4) is 0 Å². The average molecular weight is 342 g/mol. The number of aromatic nitrogens is 4. The van der Waals surface area contributed by atoms with Gasteiger partial charge < -0.3 is 9.64 Å². The van der Waals surface area contributed by atoms with E-state index in [2.05, 4.69) is 15.3 Å². The number of rotatable bonds is 4. The summed E-state index contributed by atoms with van der Waals surface area (Å²) in [6.07, 6.45) is 4.45. The van der Waals surface area contributed by atoms with Crippen molar-refractivity contribution in [1.82, 2.24) is 29.8 Å². The van der Waals surface area contributed by atoms with E-state index in [1.165, 1.54) is 0 Å². The summed E-state index contributed by atoms with van der Waals surface area (Å²) in [5, 5.41) is 8.16. The van der Waals surface area contributed by atoms with E-state index in [0.717, 1.165) is 24.4 Å². The molecule has 8 heteroatoms. The molecule has 4 rings (SSSR count). The van der Waals surface area contributed by atoms with Crippen LogP contribution in [0, 0.1) is 0 Å². The van der Waals surface area contributed by atoms with Crippen LogP contribution in [0.5, 0.6) is 0 Å². The van der Waals surface area contributed by atoms with Crippen LogP contribution in [0.1, 0.15) is 23.9 Å². The number of hydrogen-bond acceptors (Lipinski definition) is 6. The SMILES string of the molecule is CN(CC(=O)N1CC[C@H]2OCc3cnnn3[C@@H]2C1)Cc1ccccn1. The fourth-order valence-corrected chi connectivity index (χ4v) is 3.56. The molecule has 2 aromatic rings. The van der Waals surface area contributed by atoms with Gasteiger partial charge in [0.2, 0.25) is 5.91 Å². The summed E-state index contributed by atoms with van der Waals surface area (Å²) in [6.45, 7) is 2.93. The minimum Gasteiger partial charge on any atom is -0.370 e. The Morgan fingerprint density at radius 3 is 3.20 bits per heavy atom. The van der Waals surface area contributed by atoms with Crippen molar-refractivity contribution in [2.24, 2.45) is 0 Å². The average Bonchev–Trinajstić information content (AvgIpc) is 3.11. The molecule has 0 aliphatic carbocycles. The molecule has 0 N–H and O–H groups in total. The van der Waals surface area contributed by atoms with Gasteiger partial charge in [0, 0.05) is 25.8 Å². The minimum absolute atomic E-state index is 0.0602. The number of likely N-dealkylation sites (tertiary alicyclic amines) is 1. The summed E-state index contributed by atoms with van der Waals surface area (Å²) in [6, 6.07) is 5.88. The molecule has 2 aromatic heterocycles. The molecule has 0 aromatic carbocycles. The molecule has 1 saturated heterocycles. The van der Waals surface area contributed by atoms with Crippen LogP contribution in [0.15, 0.2) is 30.6 Å². The smallest absolute Gasteiger partial charge is 0.236 e. The molecule has 2 atom stereocenters. The van der Waals surface area contributed by atoms with E-state index in [4.69, 9.17) is 4.74 Å². The highest BCUT2D eigenvalue weighted by Crippen LogP contribution is 2.30. The Balaban J connectivity index is 1.37. The number of fused-ring (bicyclic) bond motifs is 3. The summed E-state index contributed by atoms with van der Waals surface area (Å²) in [5.41, 5.74) is 1.94. The topological polar surface area (TPSA) is 76.4 Å². The first-order chi connectivity index (χ1) is 12.2. The van der Waals surface area contributed by atoms with Gasteiger partial charge in [0.15, 0.2) is 0 Å². The third-order valence-electron chi connectivity index (χ3n) is 4.84. The molecule has 4 heterocycles. The van der Waals surface area contributed by atoms with Crippen LogP contribution in [-0.2, 0) is 22.7 Å². The lowest BCUT2D eigenvalue weighted by Gasteiger charge is -2.41. The molecule has 0 spiro atoms. The zero-order valence-corrected chi connectivity index (χ0v) is 14.3. The second-order valence-corrected chi connectivity index (χ2v) is 6.71. The molecule has 1 amide bonds. The molecule has 0 bridgehead atoms. The Kier molecular flexibility index (Phi) is 4.46. The van der Waals surface area contributed by atoms with Gasteiger partial charge in [0.25, 0.3) is 0 Å². The molecule has 1 fully saturated rings. The Labute approximate surface area is 146 Å². The van der Waals surface area contributed by atoms with Crippen molar-refractivity contribution in [3.63, 3.8) is 0 Å². The van der Waals surface area contributed by atoms with Gasteiger partial charge in [0.05, 0.1) is 42.9 Å². The Hall–Kier alpha value is -2.32. The zero-order valence-electron chi connectivity index (χ0n) is 14.3. The van der Waals surface area contributed by atoms with Crippen molar-refractivity contribution >= 4 is 5.91 Å². The molecule has 2 aliphatic rings. The maximum atomic E-state index is 12.7. The molecule has 2 aliphatic heterocycles. The Bertz CT molecular complexity index is 734. The first-order valence-corrected chi connectivity index (χ1v) is 8.57. The number of pyridine rings is 1. The van der Waals surface area contributed by atoms with Crippen molar-refractivity contribution in [3.05, 3.63) is 42.0 Å². The fourth-order valence-electron chi connectivity index (χ4n) is 3.56. The van der Waals surface area contributed by atoms with Crippen LogP contribution in [0.2, 0.25) is 0 Å². The number of amides is 1. The molecule has 8 nitrogen and oxygen atoms in total. The zero-order chi connectivity index (χ0) is 17.2. The summed E-state index contributed by atoms with van der Waals surface area (Å²) in [4.78, 5) is 20.9. The van der Waals surface area contributed by atoms with Gasteiger partial charge in [0.1, 0.15) is 0 Å². The van der Waals surface area contributed by atoms with Crippen LogP contribution < -0.4 is 0 Å². The van der Waals surface area contributed by atoms with Gasteiger partial charge >= 0.3 is 0 Å². The number of ether oxygens (including phenoxy) is 1. The summed E-state index contributed by atoms with van der Waals surface area (Å²) < 4.78 is 7.82. The van der Waals surface area contributed by atoms with Crippen LogP contribution in [0.25, 0.3) is 0 Å². The quantitative estimate of drug-likeness (QED) is 0.804. The fraction of sp³-hybridized carbons (Fsp3) is 0.529. The van der Waals surface area contributed by atoms with Crippen molar-refractivity contribution in [2.45, 2.75) is 31.7 Å². The molecular formula is C17H22N6O2. The van der Waals surface area contributed by atoms with E-state index in [-0.39, 0.29) is 18.1 Å². The molecule has 0 unspecified atom stereocenters. The van der Waals surface area contributed by atoms with Crippen molar-refractivity contribution in [2.75, 3.05) is 26.7 Å². The predicted octanol–water partition coefficient (Wildman–Crippen LogP) is 0.477. The molecule has 0 saturated carbocycles. The molecule has 25 heavy (non-hydrogen) atoms.